The largest absolute Gasteiger partial charge is 0.344 e. The molecular formula is C28H39N7O3S. The average Bonchev–Trinajstić information content (AvgIpc) is 3.63. The van der Waals surface area contributed by atoms with Crippen LogP contribution in [0.1, 0.15) is 67.6 Å². The number of benzene rings is 1. The highest BCUT2D eigenvalue weighted by Gasteiger charge is 2.44. The number of ketones is 1. The van der Waals surface area contributed by atoms with E-state index in [-0.39, 0.29) is 23.6 Å². The number of thiazole rings is 1. The van der Waals surface area contributed by atoms with Gasteiger partial charge in [-0.05, 0) is 69.0 Å². The molecule has 3 aliphatic rings. The molecule has 210 valence electrons. The van der Waals surface area contributed by atoms with Crippen molar-refractivity contribution in [3.63, 3.8) is 0 Å². The molecule has 3 fully saturated rings. The summed E-state index contributed by atoms with van der Waals surface area (Å²) < 4.78 is 0.929. The van der Waals surface area contributed by atoms with Gasteiger partial charge in [0.15, 0.2) is 5.01 Å². The summed E-state index contributed by atoms with van der Waals surface area (Å²) in [7, 11) is 0. The van der Waals surface area contributed by atoms with Gasteiger partial charge in [-0.2, -0.15) is 0 Å². The minimum Gasteiger partial charge on any atom is -0.344 e. The summed E-state index contributed by atoms with van der Waals surface area (Å²) in [4.78, 5) is 51.4. The second-order valence-electron chi connectivity index (χ2n) is 10.9. The summed E-state index contributed by atoms with van der Waals surface area (Å²) in [6, 6.07) is 6.10. The zero-order valence-corrected chi connectivity index (χ0v) is 23.1. The van der Waals surface area contributed by atoms with Crippen molar-refractivity contribution >= 4 is 45.5 Å². The number of hydrazine groups is 1. The molecule has 11 heteroatoms. The first-order chi connectivity index (χ1) is 19.1. The number of aliphatic imine (C=N–C) groups is 1. The summed E-state index contributed by atoms with van der Waals surface area (Å²) in [6.07, 6.45) is 9.58. The number of nitrogens with one attached hydrogen (secondary N) is 3. The van der Waals surface area contributed by atoms with Gasteiger partial charge in [0.05, 0.1) is 28.6 Å². The molecule has 2 aliphatic heterocycles. The molecule has 5 rings (SSSR count). The quantitative estimate of drug-likeness (QED) is 0.0884. The summed E-state index contributed by atoms with van der Waals surface area (Å²) in [5, 5.41) is 6.87. The summed E-state index contributed by atoms with van der Waals surface area (Å²) in [6.45, 7) is 1.89. The Labute approximate surface area is 233 Å². The third kappa shape index (κ3) is 6.31. The molecule has 1 saturated carbocycles. The van der Waals surface area contributed by atoms with E-state index in [9.17, 15) is 14.4 Å². The van der Waals surface area contributed by atoms with Gasteiger partial charge in [0, 0.05) is 13.1 Å². The van der Waals surface area contributed by atoms with Crippen LogP contribution in [0.4, 0.5) is 0 Å². The Morgan fingerprint density at radius 1 is 1.18 bits per heavy atom. The predicted octanol–water partition coefficient (Wildman–Crippen LogP) is 2.39. The average molecular weight is 554 g/mol. The van der Waals surface area contributed by atoms with Crippen molar-refractivity contribution in [1.82, 2.24) is 25.9 Å². The Balaban J connectivity index is 1.29. The van der Waals surface area contributed by atoms with E-state index >= 15 is 0 Å². The van der Waals surface area contributed by atoms with Gasteiger partial charge in [-0.3, -0.25) is 19.4 Å². The first-order valence-corrected chi connectivity index (χ1v) is 15.1. The normalized spacial score (nSPS) is 25.9. The number of rotatable bonds is 10. The summed E-state index contributed by atoms with van der Waals surface area (Å²) >= 11 is 1.33. The van der Waals surface area contributed by atoms with Gasteiger partial charge in [0.1, 0.15) is 6.04 Å². The van der Waals surface area contributed by atoms with Crippen LogP contribution >= 0.6 is 11.3 Å². The fourth-order valence-corrected chi connectivity index (χ4v) is 7.49. The minimum atomic E-state index is -0.743. The van der Waals surface area contributed by atoms with E-state index in [2.05, 4.69) is 26.0 Å². The maximum absolute atomic E-state index is 13.8. The third-order valence-corrected chi connectivity index (χ3v) is 9.51. The van der Waals surface area contributed by atoms with Crippen molar-refractivity contribution < 1.29 is 14.4 Å². The molecule has 1 aromatic heterocycles. The van der Waals surface area contributed by atoms with E-state index in [4.69, 9.17) is 5.84 Å². The van der Waals surface area contributed by atoms with Crippen molar-refractivity contribution in [2.45, 2.75) is 75.9 Å². The SMILES string of the molecule is NNC=NCCC[C@@H](NC(=O)[C@@H]1CCCN1C(=O)C1NCC[C@H]2CCCC[C@@H]12)C(=O)c1nc2ccccc2s1. The standard InChI is InChI=1S/C28H39N7O3S/c29-32-17-30-14-5-10-21(25(36)27-34-20-9-3-4-12-23(20)39-27)33-26(37)22-11-6-16-35(22)28(38)24-19-8-2-1-7-18(19)13-15-31-24/h3-4,9,12,17-19,21-22,24,31H,1-2,5-8,10-11,13-16,29H2,(H,30,32)(H,33,37)/t18-,19-,21-,22+,24?/m1/s1. The maximum Gasteiger partial charge on any atom is 0.243 e. The highest BCUT2D eigenvalue weighted by Crippen LogP contribution is 2.38. The molecule has 1 unspecified atom stereocenters. The molecule has 10 nitrogen and oxygen atoms in total. The molecule has 2 aromatic rings. The smallest absolute Gasteiger partial charge is 0.243 e. The number of Topliss-reactive ketones (excluding diaryl/α,β-unsaturated/α-hetero) is 1. The van der Waals surface area contributed by atoms with Crippen molar-refractivity contribution in [3.05, 3.63) is 29.3 Å². The van der Waals surface area contributed by atoms with Gasteiger partial charge in [-0.1, -0.05) is 31.4 Å². The molecule has 5 N–H and O–H groups in total. The van der Waals surface area contributed by atoms with E-state index in [0.29, 0.717) is 49.2 Å². The first-order valence-electron chi connectivity index (χ1n) is 14.2. The minimum absolute atomic E-state index is 0.0434. The topological polar surface area (TPSA) is 142 Å². The number of amides is 2. The zero-order valence-electron chi connectivity index (χ0n) is 22.3. The molecule has 0 radical (unpaired) electrons. The van der Waals surface area contributed by atoms with E-state index in [1.807, 2.05) is 24.3 Å². The molecule has 1 aliphatic carbocycles. The molecule has 3 heterocycles. The van der Waals surface area contributed by atoms with Gasteiger partial charge >= 0.3 is 0 Å². The number of hydrogen-bond acceptors (Lipinski definition) is 8. The predicted molar refractivity (Wildman–Crippen MR) is 152 cm³/mol. The molecule has 2 amide bonds. The number of hydrogen-bond donors (Lipinski definition) is 4. The van der Waals surface area contributed by atoms with Crippen molar-refractivity contribution in [2.24, 2.45) is 22.7 Å². The molecule has 5 atom stereocenters. The van der Waals surface area contributed by atoms with Crippen LogP contribution in [0.25, 0.3) is 10.2 Å². The van der Waals surface area contributed by atoms with Gasteiger partial charge in [0.25, 0.3) is 0 Å². The number of fused-ring (bicyclic) bond motifs is 2. The van der Waals surface area contributed by atoms with Crippen molar-refractivity contribution in [2.75, 3.05) is 19.6 Å². The molecular weight excluding hydrogens is 514 g/mol. The van der Waals surface area contributed by atoms with Crippen LogP contribution in [0.2, 0.25) is 0 Å². The number of piperidine rings is 1. The fourth-order valence-electron chi connectivity index (χ4n) is 6.53. The highest BCUT2D eigenvalue weighted by molar-refractivity contribution is 7.20. The number of likely N-dealkylation sites (tertiary alicyclic amines) is 1. The van der Waals surface area contributed by atoms with Crippen LogP contribution in [0.15, 0.2) is 29.3 Å². The number of carbonyl (C=O) groups excluding carboxylic acids is 3. The summed E-state index contributed by atoms with van der Waals surface area (Å²) in [5.74, 6) is 5.76. The van der Waals surface area contributed by atoms with Gasteiger partial charge < -0.3 is 21.0 Å². The fraction of sp³-hybridized carbons (Fsp3) is 0.607. The lowest BCUT2D eigenvalue weighted by atomic mass is 9.71. The monoisotopic (exact) mass is 553 g/mol. The molecule has 2 saturated heterocycles. The lowest BCUT2D eigenvalue weighted by Gasteiger charge is -2.43. The van der Waals surface area contributed by atoms with Crippen molar-refractivity contribution in [1.29, 1.82) is 0 Å². The van der Waals surface area contributed by atoms with Crippen LogP contribution in [0.3, 0.4) is 0 Å². The van der Waals surface area contributed by atoms with Crippen molar-refractivity contribution in [3.8, 4) is 0 Å². The second-order valence-corrected chi connectivity index (χ2v) is 11.9. The van der Waals surface area contributed by atoms with E-state index < -0.39 is 12.1 Å². The molecule has 39 heavy (non-hydrogen) atoms. The number of para-hydroxylation sites is 1. The van der Waals surface area contributed by atoms with Crippen LogP contribution in [-0.2, 0) is 9.59 Å². The van der Waals surface area contributed by atoms with E-state index in [1.54, 1.807) is 4.90 Å². The third-order valence-electron chi connectivity index (χ3n) is 8.46. The Morgan fingerprint density at radius 3 is 2.87 bits per heavy atom. The Kier molecular flexibility index (Phi) is 9.21. The number of nitrogens with zero attached hydrogens (tertiary/aromatic N) is 3. The maximum atomic E-state index is 13.8. The second kappa shape index (κ2) is 13.0. The number of aromatic nitrogens is 1. The van der Waals surface area contributed by atoms with E-state index in [1.165, 1.54) is 30.5 Å². The molecule has 1 aromatic carbocycles. The highest BCUT2D eigenvalue weighted by atomic mass is 32.1. The molecule has 0 bridgehead atoms. The van der Waals surface area contributed by atoms with Gasteiger partial charge in [0.2, 0.25) is 17.6 Å². The Morgan fingerprint density at radius 2 is 2.03 bits per heavy atom. The van der Waals surface area contributed by atoms with Gasteiger partial charge in [-0.15, -0.1) is 11.3 Å². The Bertz CT molecular complexity index is 1170. The van der Waals surface area contributed by atoms with Crippen LogP contribution in [0, 0.1) is 11.8 Å². The van der Waals surface area contributed by atoms with Crippen LogP contribution < -0.4 is 21.9 Å². The van der Waals surface area contributed by atoms with E-state index in [0.717, 1.165) is 42.4 Å². The van der Waals surface area contributed by atoms with Crippen LogP contribution in [0.5, 0.6) is 0 Å². The number of carbonyl (C=O) groups is 3. The summed E-state index contributed by atoms with van der Waals surface area (Å²) in [5.41, 5.74) is 3.14. The lowest BCUT2D eigenvalue weighted by Crippen LogP contribution is -2.59. The Hall–Kier alpha value is -2.89. The zero-order chi connectivity index (χ0) is 27.2. The first kappa shape index (κ1) is 27.7. The number of nitrogens with two attached hydrogens (primary N) is 1. The molecule has 0 spiro atoms. The van der Waals surface area contributed by atoms with Gasteiger partial charge in [-0.25, -0.2) is 10.8 Å². The van der Waals surface area contributed by atoms with Crippen LogP contribution in [-0.4, -0.2) is 71.6 Å². The lowest BCUT2D eigenvalue weighted by molar-refractivity contribution is -0.142.